The number of methoxy groups -OCH3 is 1. The SMILES string of the molecule is C#CC(C)(OC(C)=O)[C@H]1C[C@H]([Se]c2ccccc2)O[C@@H]2O[C@H](OC)C[C@@]21OCc1ccccc1. The predicted octanol–water partition coefficient (Wildman–Crippen LogP) is 3.01. The minimum atomic E-state index is -1.21. The Hall–Kier alpha value is -2.17. The number of hydrogen-bond acceptors (Lipinski definition) is 6. The van der Waals surface area contributed by atoms with Crippen LogP contribution in [0.4, 0.5) is 0 Å². The summed E-state index contributed by atoms with van der Waals surface area (Å²) < 4.78 is 31.9. The first-order chi connectivity index (χ1) is 16.4. The average Bonchev–Trinajstić information content (AvgIpc) is 3.22. The van der Waals surface area contributed by atoms with Gasteiger partial charge in [0, 0.05) is 0 Å². The molecule has 2 saturated heterocycles. The van der Waals surface area contributed by atoms with E-state index in [9.17, 15) is 4.79 Å². The number of rotatable bonds is 8. The number of esters is 1. The first kappa shape index (κ1) is 24.9. The summed E-state index contributed by atoms with van der Waals surface area (Å²) in [4.78, 5) is 12.1. The fourth-order valence-corrected chi connectivity index (χ4v) is 7.00. The Bertz CT molecular complexity index is 1010. The van der Waals surface area contributed by atoms with E-state index in [2.05, 4.69) is 18.1 Å². The topological polar surface area (TPSA) is 63.2 Å². The molecule has 2 heterocycles. The van der Waals surface area contributed by atoms with Crippen molar-refractivity contribution in [3.63, 3.8) is 0 Å². The molecule has 2 aromatic carbocycles. The number of hydrogen-bond donors (Lipinski definition) is 0. The van der Waals surface area contributed by atoms with E-state index in [1.165, 1.54) is 11.4 Å². The summed E-state index contributed by atoms with van der Waals surface area (Å²) in [6, 6.07) is 20.1. The van der Waals surface area contributed by atoms with Gasteiger partial charge in [-0.3, -0.25) is 0 Å². The number of benzene rings is 2. The molecular formula is C27H30O6Se. The molecule has 2 aromatic rings. The molecule has 1 unspecified atom stereocenters. The van der Waals surface area contributed by atoms with E-state index < -0.39 is 29.8 Å². The second kappa shape index (κ2) is 10.6. The van der Waals surface area contributed by atoms with Gasteiger partial charge in [-0.1, -0.05) is 0 Å². The molecule has 7 heteroatoms. The van der Waals surface area contributed by atoms with Crippen LogP contribution >= 0.6 is 0 Å². The van der Waals surface area contributed by atoms with Gasteiger partial charge in [-0.05, 0) is 0 Å². The summed E-state index contributed by atoms with van der Waals surface area (Å²) in [5, 5.41) is -0.141. The third-order valence-corrected chi connectivity index (χ3v) is 8.72. The van der Waals surface area contributed by atoms with E-state index in [4.69, 9.17) is 30.1 Å². The van der Waals surface area contributed by atoms with Crippen LogP contribution in [0.15, 0.2) is 60.7 Å². The van der Waals surface area contributed by atoms with Crippen molar-refractivity contribution in [1.82, 2.24) is 0 Å². The Morgan fingerprint density at radius 1 is 1.18 bits per heavy atom. The maximum atomic E-state index is 12.1. The molecular weight excluding hydrogens is 499 g/mol. The van der Waals surface area contributed by atoms with E-state index >= 15 is 0 Å². The summed E-state index contributed by atoms with van der Waals surface area (Å²) in [5.74, 6) is 1.96. The van der Waals surface area contributed by atoms with E-state index in [1.807, 2.05) is 48.5 Å². The summed E-state index contributed by atoms with van der Waals surface area (Å²) >= 11 is -0.00858. The summed E-state index contributed by atoms with van der Waals surface area (Å²) in [7, 11) is 1.60. The normalized spacial score (nSPS) is 30.1. The Kier molecular flexibility index (Phi) is 7.79. The molecule has 0 bridgehead atoms. The van der Waals surface area contributed by atoms with Gasteiger partial charge in [0.15, 0.2) is 0 Å². The van der Waals surface area contributed by atoms with Crippen LogP contribution in [0, 0.1) is 18.3 Å². The fourth-order valence-electron chi connectivity index (χ4n) is 4.77. The van der Waals surface area contributed by atoms with E-state index in [0.717, 1.165) is 5.56 Å². The second-order valence-corrected chi connectivity index (χ2v) is 11.3. The summed E-state index contributed by atoms with van der Waals surface area (Å²) in [6.45, 7) is 3.49. The van der Waals surface area contributed by atoms with Gasteiger partial charge in [0.2, 0.25) is 0 Å². The Labute approximate surface area is 207 Å². The molecule has 0 radical (unpaired) electrons. The first-order valence-electron chi connectivity index (χ1n) is 11.3. The monoisotopic (exact) mass is 530 g/mol. The quantitative estimate of drug-likeness (QED) is 0.298. The van der Waals surface area contributed by atoms with E-state index in [0.29, 0.717) is 19.4 Å². The van der Waals surface area contributed by atoms with Gasteiger partial charge in [0.1, 0.15) is 0 Å². The average molecular weight is 529 g/mol. The van der Waals surface area contributed by atoms with Crippen LogP contribution < -0.4 is 4.46 Å². The van der Waals surface area contributed by atoms with Crippen molar-refractivity contribution in [2.75, 3.05) is 7.11 Å². The van der Waals surface area contributed by atoms with Crippen molar-refractivity contribution < 1.29 is 28.5 Å². The van der Waals surface area contributed by atoms with Crippen molar-refractivity contribution >= 4 is 25.4 Å². The first-order valence-corrected chi connectivity index (χ1v) is 13.1. The van der Waals surface area contributed by atoms with Crippen molar-refractivity contribution in [1.29, 1.82) is 0 Å². The van der Waals surface area contributed by atoms with Crippen LogP contribution in [0.2, 0.25) is 0 Å². The fraction of sp³-hybridized carbons (Fsp3) is 0.444. The Morgan fingerprint density at radius 2 is 1.85 bits per heavy atom. The molecule has 0 N–H and O–H groups in total. The number of carbonyl (C=O) groups excluding carboxylic acids is 1. The molecule has 0 spiro atoms. The van der Waals surface area contributed by atoms with Crippen LogP contribution in [0.5, 0.6) is 0 Å². The standard InChI is InChI=1S/C27H30O6Se/c1-5-26(3,33-19(2)28)22-16-24(34-21-14-10-7-11-15-21)32-25-27(22,17-23(29-4)31-25)30-18-20-12-8-6-9-13-20/h1,6-15,22-25H,16-18H2,2-4H3/t22-,23+,24+,25+,26?,27+/m1/s1. The van der Waals surface area contributed by atoms with Gasteiger partial charge < -0.3 is 0 Å². The third-order valence-electron chi connectivity index (χ3n) is 6.38. The molecule has 0 saturated carbocycles. The molecule has 6 atom stereocenters. The molecule has 2 fully saturated rings. The molecule has 2 aliphatic heterocycles. The molecule has 180 valence electrons. The summed E-state index contributed by atoms with van der Waals surface area (Å²) in [5.41, 5.74) is -1.14. The number of carbonyl (C=O) groups is 1. The van der Waals surface area contributed by atoms with Crippen LogP contribution in [0.1, 0.15) is 32.3 Å². The minimum absolute atomic E-state index is 0.00858. The Balaban J connectivity index is 1.70. The number of terminal acetylenes is 1. The van der Waals surface area contributed by atoms with Gasteiger partial charge in [-0.25, -0.2) is 0 Å². The molecule has 6 nitrogen and oxygen atoms in total. The zero-order valence-electron chi connectivity index (χ0n) is 19.6. The zero-order valence-corrected chi connectivity index (χ0v) is 21.4. The summed E-state index contributed by atoms with van der Waals surface area (Å²) in [6.07, 6.45) is 5.75. The predicted molar refractivity (Wildman–Crippen MR) is 128 cm³/mol. The van der Waals surface area contributed by atoms with Crippen LogP contribution in [0.25, 0.3) is 0 Å². The van der Waals surface area contributed by atoms with Crippen molar-refractivity contribution in [2.45, 2.75) is 62.1 Å². The number of ether oxygens (including phenoxy) is 5. The van der Waals surface area contributed by atoms with E-state index in [-0.39, 0.29) is 25.9 Å². The second-order valence-electron chi connectivity index (χ2n) is 8.70. The van der Waals surface area contributed by atoms with E-state index in [1.54, 1.807) is 14.0 Å². The molecule has 0 amide bonds. The Morgan fingerprint density at radius 3 is 2.47 bits per heavy atom. The van der Waals surface area contributed by atoms with Crippen LogP contribution in [-0.4, -0.2) is 56.8 Å². The molecule has 4 rings (SSSR count). The van der Waals surface area contributed by atoms with Gasteiger partial charge >= 0.3 is 208 Å². The van der Waals surface area contributed by atoms with Crippen LogP contribution in [-0.2, 0) is 35.1 Å². The van der Waals surface area contributed by atoms with Crippen LogP contribution in [0.3, 0.4) is 0 Å². The molecule has 2 aliphatic rings. The van der Waals surface area contributed by atoms with Gasteiger partial charge in [0.25, 0.3) is 0 Å². The van der Waals surface area contributed by atoms with Crippen molar-refractivity contribution in [3.8, 4) is 12.3 Å². The van der Waals surface area contributed by atoms with Gasteiger partial charge in [-0.2, -0.15) is 0 Å². The number of fused-ring (bicyclic) bond motifs is 1. The maximum absolute atomic E-state index is 12.1. The molecule has 0 aromatic heterocycles. The van der Waals surface area contributed by atoms with Gasteiger partial charge in [-0.15, -0.1) is 0 Å². The zero-order chi connectivity index (χ0) is 24.2. The molecule has 34 heavy (non-hydrogen) atoms. The van der Waals surface area contributed by atoms with Crippen molar-refractivity contribution in [3.05, 3.63) is 66.2 Å². The van der Waals surface area contributed by atoms with Gasteiger partial charge in [0.05, 0.1) is 0 Å². The molecule has 0 aliphatic carbocycles. The van der Waals surface area contributed by atoms with Crippen molar-refractivity contribution in [2.24, 2.45) is 5.92 Å². The third kappa shape index (κ3) is 5.23.